The average Bonchev–Trinajstić information content (AvgIpc) is 1.37. The van der Waals surface area contributed by atoms with Crippen LogP contribution >= 0.6 is 0 Å². The standard InChI is InChI=1S/C81H105N5O6/c1-8-58-33-38-65(39-34-58)84-77(89)73(32-17-18-52-83-81(61-27-11-9-12-28-61,62-29-13-10-14-30-62)63-35-40-66(91-7)41-36-63)86-78(90)74(54-60-26-20-25-59-24-15-16-31-68(59)60)85-76(88)46-45-75(87)82-51-21-53-92-67-47-49-79(5)64(55-67)37-42-69-71-44-43-70(57(4)23-19-22-56(2)3)80(71,6)50-48-72(69)79/h9-16,20,24-31,33-41,56-57,67,69-74,83H,8,17-19,21-23,32,42-55H2,1-7H3,(H,82,87)(H,84,89)(H,85,88)(H,86,90)/t57-,67+,69+,70-,71+,72+,73+,74+,79+,80-/m1/s1. The van der Waals surface area contributed by atoms with Gasteiger partial charge in [-0.1, -0.05) is 200 Å². The normalized spacial score (nSPS) is 22.8. The van der Waals surface area contributed by atoms with Crippen molar-refractivity contribution in [1.29, 1.82) is 0 Å². The first-order chi connectivity index (χ1) is 44.6. The molecule has 6 aromatic carbocycles. The van der Waals surface area contributed by atoms with Gasteiger partial charge in [-0.2, -0.15) is 0 Å². The van der Waals surface area contributed by atoms with Gasteiger partial charge in [-0.3, -0.25) is 24.5 Å². The van der Waals surface area contributed by atoms with Gasteiger partial charge in [0, 0.05) is 38.1 Å². The van der Waals surface area contributed by atoms with Crippen LogP contribution in [0.15, 0.2) is 163 Å². The number of ether oxygens (including phenoxy) is 2. The van der Waals surface area contributed by atoms with Crippen LogP contribution in [0.4, 0.5) is 5.69 Å². The molecule has 6 aromatic rings. The molecule has 3 saturated carbocycles. The molecule has 0 heterocycles. The van der Waals surface area contributed by atoms with Crippen LogP contribution in [0.3, 0.4) is 0 Å². The number of fused-ring (bicyclic) bond motifs is 6. The fourth-order valence-corrected chi connectivity index (χ4v) is 17.2. The number of benzene rings is 6. The Balaban J connectivity index is 0.742. The Morgan fingerprint density at radius 3 is 2.04 bits per heavy atom. The van der Waals surface area contributed by atoms with Crippen LogP contribution in [0, 0.1) is 46.3 Å². The van der Waals surface area contributed by atoms with Gasteiger partial charge in [0.05, 0.1) is 18.8 Å². The summed E-state index contributed by atoms with van der Waals surface area (Å²) in [6.45, 7) is 16.3. The van der Waals surface area contributed by atoms with Crippen LogP contribution in [-0.4, -0.2) is 68.6 Å². The highest BCUT2D eigenvalue weighted by Gasteiger charge is 2.59. The van der Waals surface area contributed by atoms with E-state index in [2.05, 4.69) is 135 Å². The summed E-state index contributed by atoms with van der Waals surface area (Å²) in [6, 6.07) is 48.7. The number of allylic oxidation sites excluding steroid dienone is 1. The summed E-state index contributed by atoms with van der Waals surface area (Å²) in [4.78, 5) is 56.8. The lowest BCUT2D eigenvalue weighted by Gasteiger charge is -2.58. The number of amides is 4. The third-order valence-electron chi connectivity index (χ3n) is 22.3. The molecule has 0 radical (unpaired) electrons. The highest BCUT2D eigenvalue weighted by atomic mass is 16.5. The molecule has 0 aromatic heterocycles. The third kappa shape index (κ3) is 16.1. The molecule has 10 atom stereocenters. The fourth-order valence-electron chi connectivity index (χ4n) is 17.2. The zero-order valence-electron chi connectivity index (χ0n) is 56.2. The molecule has 4 amide bonds. The van der Waals surface area contributed by atoms with E-state index in [0.29, 0.717) is 56.5 Å². The average molecular weight is 1240 g/mol. The number of nitrogens with one attached hydrogen (secondary N) is 5. The van der Waals surface area contributed by atoms with Gasteiger partial charge in [0.15, 0.2) is 0 Å². The van der Waals surface area contributed by atoms with E-state index in [0.717, 1.165) is 99.1 Å². The van der Waals surface area contributed by atoms with Crippen molar-refractivity contribution in [3.63, 3.8) is 0 Å². The fraction of sp³-hybridized carbons (Fsp3) is 0.506. The van der Waals surface area contributed by atoms with Gasteiger partial charge in [-0.05, 0) is 199 Å². The molecule has 0 spiro atoms. The van der Waals surface area contributed by atoms with Crippen molar-refractivity contribution < 1.29 is 28.7 Å². The van der Waals surface area contributed by atoms with Crippen LogP contribution < -0.4 is 31.3 Å². The van der Waals surface area contributed by atoms with Crippen LogP contribution in [0.1, 0.15) is 179 Å². The maximum absolute atomic E-state index is 14.9. The first kappa shape index (κ1) is 67.8. The Kier molecular flexibility index (Phi) is 23.4. The number of unbranched alkanes of at least 4 members (excludes halogenated alkanes) is 1. The summed E-state index contributed by atoms with van der Waals surface area (Å²) in [5.74, 6) is 4.20. The summed E-state index contributed by atoms with van der Waals surface area (Å²) in [7, 11) is 1.67. The van der Waals surface area contributed by atoms with E-state index in [1.54, 1.807) is 12.7 Å². The highest BCUT2D eigenvalue weighted by molar-refractivity contribution is 5.99. The first-order valence-corrected chi connectivity index (χ1v) is 35.2. The first-order valence-electron chi connectivity index (χ1n) is 35.2. The lowest BCUT2D eigenvalue weighted by Crippen LogP contribution is -2.53. The predicted octanol–water partition coefficient (Wildman–Crippen LogP) is 16.0. The maximum Gasteiger partial charge on any atom is 0.246 e. The van der Waals surface area contributed by atoms with Gasteiger partial charge in [0.25, 0.3) is 0 Å². The van der Waals surface area contributed by atoms with E-state index in [-0.39, 0.29) is 42.6 Å². The molecular formula is C81H105N5O6. The van der Waals surface area contributed by atoms with E-state index < -0.39 is 29.4 Å². The monoisotopic (exact) mass is 1240 g/mol. The molecule has 11 heteroatoms. The number of aryl methyl sites for hydroxylation is 1. The minimum absolute atomic E-state index is 0.0327. The zero-order chi connectivity index (χ0) is 64.7. The van der Waals surface area contributed by atoms with Crippen LogP contribution in [0.2, 0.25) is 0 Å². The van der Waals surface area contributed by atoms with Crippen molar-refractivity contribution in [1.82, 2.24) is 21.3 Å². The summed E-state index contributed by atoms with van der Waals surface area (Å²) in [6.07, 6.45) is 20.2. The Morgan fingerprint density at radius 1 is 0.630 bits per heavy atom. The molecule has 3 fully saturated rings. The maximum atomic E-state index is 14.9. The summed E-state index contributed by atoms with van der Waals surface area (Å²) in [5, 5.41) is 18.2. The Morgan fingerprint density at radius 2 is 1.33 bits per heavy atom. The Bertz CT molecular complexity index is 3360. The number of methoxy groups -OCH3 is 1. The molecule has 0 saturated heterocycles. The number of rotatable bonds is 31. The Labute approximate surface area is 549 Å². The number of carbonyl (C=O) groups excluding carboxylic acids is 4. The van der Waals surface area contributed by atoms with E-state index in [1.807, 2.05) is 91.0 Å². The van der Waals surface area contributed by atoms with Gasteiger partial charge in [0.2, 0.25) is 23.6 Å². The molecule has 0 aliphatic heterocycles. The largest absolute Gasteiger partial charge is 0.497 e. The number of hydrogen-bond acceptors (Lipinski definition) is 7. The minimum Gasteiger partial charge on any atom is -0.497 e. The second-order valence-corrected chi connectivity index (χ2v) is 28.4. The predicted molar refractivity (Wildman–Crippen MR) is 373 cm³/mol. The van der Waals surface area contributed by atoms with Crippen LogP contribution in [-0.2, 0) is 42.3 Å². The van der Waals surface area contributed by atoms with E-state index in [4.69, 9.17) is 9.47 Å². The SMILES string of the molecule is CCc1ccc(NC(=O)[C@H](CCCCNC(c2ccccc2)(c2ccccc2)c2ccc(OC)cc2)NC(=O)[C@H](Cc2cccc3ccccc23)NC(=O)CCC(=O)NCCCO[C@H]2CC[C@@]3(C)C(=CC[C@H]4[C@@H]5CC[C@H]([C@H](C)CCCC(C)C)[C@@]5(C)CC[C@@H]43)C2)cc1. The molecule has 0 unspecified atom stereocenters. The van der Waals surface area contributed by atoms with Gasteiger partial charge in [-0.15, -0.1) is 0 Å². The molecule has 0 bridgehead atoms. The second-order valence-electron chi connectivity index (χ2n) is 28.4. The minimum atomic E-state index is -1.05. The smallest absolute Gasteiger partial charge is 0.246 e. The van der Waals surface area contributed by atoms with Crippen LogP contribution in [0.25, 0.3) is 10.8 Å². The van der Waals surface area contributed by atoms with Crippen molar-refractivity contribution in [3.05, 3.63) is 191 Å². The lowest BCUT2D eigenvalue weighted by atomic mass is 9.47. The molecule has 5 N–H and O–H groups in total. The zero-order valence-corrected chi connectivity index (χ0v) is 56.2. The summed E-state index contributed by atoms with van der Waals surface area (Å²) >= 11 is 0. The van der Waals surface area contributed by atoms with Crippen molar-refractivity contribution in [3.8, 4) is 5.75 Å². The molecular weight excluding hydrogens is 1140 g/mol. The molecule has 11 nitrogen and oxygen atoms in total. The number of hydrogen-bond donors (Lipinski definition) is 5. The number of carbonyl (C=O) groups is 4. The van der Waals surface area contributed by atoms with E-state index in [9.17, 15) is 19.2 Å². The Hall–Kier alpha value is -7.08. The summed E-state index contributed by atoms with van der Waals surface area (Å²) < 4.78 is 12.1. The second kappa shape index (κ2) is 31.7. The van der Waals surface area contributed by atoms with Crippen molar-refractivity contribution in [2.75, 3.05) is 32.1 Å². The quantitative estimate of drug-likeness (QED) is 0.0165. The molecule has 92 heavy (non-hydrogen) atoms. The molecule has 4 aliphatic rings. The van der Waals surface area contributed by atoms with E-state index >= 15 is 0 Å². The topological polar surface area (TPSA) is 147 Å². The molecule has 10 rings (SSSR count). The van der Waals surface area contributed by atoms with Crippen LogP contribution in [0.5, 0.6) is 5.75 Å². The molecule has 490 valence electrons. The van der Waals surface area contributed by atoms with Gasteiger partial charge in [-0.25, -0.2) is 0 Å². The van der Waals surface area contributed by atoms with Crippen molar-refractivity contribution >= 4 is 40.1 Å². The van der Waals surface area contributed by atoms with Crippen molar-refractivity contribution in [2.45, 2.75) is 187 Å². The van der Waals surface area contributed by atoms with Gasteiger partial charge in [0.1, 0.15) is 17.8 Å². The van der Waals surface area contributed by atoms with Crippen molar-refractivity contribution in [2.24, 2.45) is 46.3 Å². The summed E-state index contributed by atoms with van der Waals surface area (Å²) in [5.41, 5.74) is 7.52. The third-order valence-corrected chi connectivity index (χ3v) is 22.3. The molecule has 4 aliphatic carbocycles. The van der Waals surface area contributed by atoms with Gasteiger partial charge >= 0.3 is 0 Å². The van der Waals surface area contributed by atoms with Gasteiger partial charge < -0.3 is 30.7 Å². The van der Waals surface area contributed by atoms with E-state index in [1.165, 1.54) is 57.8 Å². The number of anilines is 1. The lowest BCUT2D eigenvalue weighted by molar-refractivity contribution is -0.131. The highest BCUT2D eigenvalue weighted by Crippen LogP contribution is 2.67.